The first kappa shape index (κ1) is 26.5. The summed E-state index contributed by atoms with van der Waals surface area (Å²) < 4.78 is 5.51. The Morgan fingerprint density at radius 1 is 0.839 bits per heavy atom. The fourth-order valence-corrected chi connectivity index (χ4v) is 3.25. The van der Waals surface area contributed by atoms with Crippen LogP contribution in [0.25, 0.3) is 11.1 Å². The molecule has 0 N–H and O–H groups in total. The van der Waals surface area contributed by atoms with Crippen LogP contribution in [0, 0.1) is 0 Å². The number of hydrogen-bond acceptors (Lipinski definition) is 3. The minimum atomic E-state index is -1.66. The standard InChI is InChI=1S/C14H14.C8H18O2Si.C5H5N/c1-2-12-8-10-14(11-9-12)13-6-4-3-5-7-13;1-8(2,3)11(4,5)10-7-6-9;1-2-4-6-5-3-1/h3-11H,2H2,1H3;6H,7H2,1-5H3;1-5H. The maximum Gasteiger partial charge on any atom is 0.192 e. The number of aldehydes is 1. The van der Waals surface area contributed by atoms with Crippen LogP contribution < -0.4 is 0 Å². The molecule has 0 aliphatic carbocycles. The molecular weight excluding hydrogens is 398 g/mol. The van der Waals surface area contributed by atoms with Crippen molar-refractivity contribution in [3.8, 4) is 11.1 Å². The van der Waals surface area contributed by atoms with Crippen molar-refractivity contribution in [2.45, 2.75) is 52.2 Å². The SMILES string of the molecule is CC(C)(C)[Si](C)(C)OCC=O.CCc1ccc(-c2ccccc2)cc1.c1ccncc1. The van der Waals surface area contributed by atoms with Crippen molar-refractivity contribution in [3.05, 3.63) is 90.8 Å². The zero-order valence-electron chi connectivity index (χ0n) is 19.8. The van der Waals surface area contributed by atoms with Crippen molar-refractivity contribution >= 4 is 14.6 Å². The fraction of sp³-hybridized carbons (Fsp3) is 0.333. The molecule has 0 radical (unpaired) electrons. The van der Waals surface area contributed by atoms with Crippen LogP contribution in [0.15, 0.2) is 85.2 Å². The summed E-state index contributed by atoms with van der Waals surface area (Å²) >= 11 is 0. The average Bonchev–Trinajstić information content (AvgIpc) is 2.80. The van der Waals surface area contributed by atoms with Gasteiger partial charge < -0.3 is 9.22 Å². The minimum Gasteiger partial charge on any atom is -0.410 e. The van der Waals surface area contributed by atoms with E-state index in [0.29, 0.717) is 0 Å². The summed E-state index contributed by atoms with van der Waals surface area (Å²) in [5.74, 6) is 0. The van der Waals surface area contributed by atoms with Crippen LogP contribution in [0.4, 0.5) is 0 Å². The van der Waals surface area contributed by atoms with Crippen LogP contribution in [0.5, 0.6) is 0 Å². The monoisotopic (exact) mass is 435 g/mol. The molecule has 0 unspecified atom stereocenters. The molecule has 0 spiro atoms. The highest BCUT2D eigenvalue weighted by Gasteiger charge is 2.36. The lowest BCUT2D eigenvalue weighted by Gasteiger charge is -2.35. The zero-order valence-corrected chi connectivity index (χ0v) is 20.8. The summed E-state index contributed by atoms with van der Waals surface area (Å²) in [7, 11) is -1.66. The van der Waals surface area contributed by atoms with E-state index in [4.69, 9.17) is 4.43 Å². The van der Waals surface area contributed by atoms with Crippen molar-refractivity contribution in [1.29, 1.82) is 0 Å². The minimum absolute atomic E-state index is 0.204. The van der Waals surface area contributed by atoms with Crippen LogP contribution in [0.1, 0.15) is 33.3 Å². The van der Waals surface area contributed by atoms with Gasteiger partial charge in [0.2, 0.25) is 0 Å². The Labute approximate surface area is 189 Å². The van der Waals surface area contributed by atoms with Gasteiger partial charge in [-0.1, -0.05) is 88.4 Å². The molecule has 3 aromatic rings. The van der Waals surface area contributed by atoms with Crippen molar-refractivity contribution in [1.82, 2.24) is 4.98 Å². The van der Waals surface area contributed by atoms with E-state index in [1.165, 1.54) is 16.7 Å². The lowest BCUT2D eigenvalue weighted by Crippen LogP contribution is -2.41. The first-order chi connectivity index (χ1) is 14.7. The largest absolute Gasteiger partial charge is 0.410 e. The third-order valence-electron chi connectivity index (χ3n) is 5.35. The Kier molecular flexibility index (Phi) is 11.7. The van der Waals surface area contributed by atoms with Crippen molar-refractivity contribution in [3.63, 3.8) is 0 Å². The van der Waals surface area contributed by atoms with Gasteiger partial charge in [0.15, 0.2) is 8.32 Å². The molecule has 3 rings (SSSR count). The van der Waals surface area contributed by atoms with E-state index in [1.54, 1.807) is 12.4 Å². The molecular formula is C27H37NO2Si. The summed E-state index contributed by atoms with van der Waals surface area (Å²) in [4.78, 5) is 13.9. The van der Waals surface area contributed by atoms with Gasteiger partial charge in [-0.3, -0.25) is 4.98 Å². The number of rotatable bonds is 5. The van der Waals surface area contributed by atoms with Gasteiger partial charge in [-0.25, -0.2) is 0 Å². The topological polar surface area (TPSA) is 39.2 Å². The predicted octanol–water partition coefficient (Wildman–Crippen LogP) is 7.20. The number of aryl methyl sites for hydroxylation is 1. The number of aromatic nitrogens is 1. The maximum atomic E-state index is 10.1. The van der Waals surface area contributed by atoms with Crippen LogP contribution in [0.2, 0.25) is 18.1 Å². The van der Waals surface area contributed by atoms with Crippen molar-refractivity contribution in [2.24, 2.45) is 0 Å². The number of carbonyl (C=O) groups excluding carboxylic acids is 1. The lowest BCUT2D eigenvalue weighted by molar-refractivity contribution is -0.109. The number of carbonyl (C=O) groups is 1. The van der Waals surface area contributed by atoms with Gasteiger partial charge in [-0.05, 0) is 53.4 Å². The molecule has 0 saturated carbocycles. The van der Waals surface area contributed by atoms with Gasteiger partial charge in [0.25, 0.3) is 0 Å². The van der Waals surface area contributed by atoms with Crippen molar-refractivity contribution in [2.75, 3.05) is 6.61 Å². The highest BCUT2D eigenvalue weighted by atomic mass is 28.4. The van der Waals surface area contributed by atoms with Crippen LogP contribution in [0.3, 0.4) is 0 Å². The molecule has 4 heteroatoms. The lowest BCUT2D eigenvalue weighted by atomic mass is 10.0. The number of nitrogens with zero attached hydrogens (tertiary/aromatic N) is 1. The third kappa shape index (κ3) is 10.3. The molecule has 0 aliphatic rings. The van der Waals surface area contributed by atoms with Gasteiger partial charge in [0.1, 0.15) is 6.29 Å². The molecule has 0 aliphatic heterocycles. The van der Waals surface area contributed by atoms with Gasteiger partial charge in [0, 0.05) is 12.4 Å². The van der Waals surface area contributed by atoms with Crippen LogP contribution in [-0.2, 0) is 15.6 Å². The van der Waals surface area contributed by atoms with E-state index in [-0.39, 0.29) is 11.6 Å². The smallest absolute Gasteiger partial charge is 0.192 e. The summed E-state index contributed by atoms with van der Waals surface area (Å²) in [6.07, 6.45) is 5.43. The molecule has 0 bridgehead atoms. The summed E-state index contributed by atoms with van der Waals surface area (Å²) in [5, 5.41) is 0.204. The summed E-state index contributed by atoms with van der Waals surface area (Å²) in [5.41, 5.74) is 3.97. The van der Waals surface area contributed by atoms with E-state index >= 15 is 0 Å². The van der Waals surface area contributed by atoms with E-state index < -0.39 is 8.32 Å². The van der Waals surface area contributed by atoms with Gasteiger partial charge in [-0.2, -0.15) is 0 Å². The number of pyridine rings is 1. The second kappa shape index (κ2) is 13.7. The maximum absolute atomic E-state index is 10.1. The Balaban J connectivity index is 0.000000251. The molecule has 1 heterocycles. The second-order valence-electron chi connectivity index (χ2n) is 8.68. The van der Waals surface area contributed by atoms with E-state index in [9.17, 15) is 4.79 Å². The molecule has 31 heavy (non-hydrogen) atoms. The average molecular weight is 436 g/mol. The molecule has 2 aromatic carbocycles. The number of hydrogen-bond donors (Lipinski definition) is 0. The zero-order chi connectivity index (χ0) is 23.2. The van der Waals surface area contributed by atoms with E-state index in [0.717, 1.165) is 12.7 Å². The van der Waals surface area contributed by atoms with Gasteiger partial charge >= 0.3 is 0 Å². The van der Waals surface area contributed by atoms with Gasteiger partial charge in [0.05, 0.1) is 6.61 Å². The second-order valence-corrected chi connectivity index (χ2v) is 13.5. The Hall–Kier alpha value is -2.56. The predicted molar refractivity (Wildman–Crippen MR) is 135 cm³/mol. The molecule has 3 nitrogen and oxygen atoms in total. The first-order valence-electron chi connectivity index (χ1n) is 10.8. The Morgan fingerprint density at radius 2 is 1.35 bits per heavy atom. The summed E-state index contributed by atoms with van der Waals surface area (Å²) in [6, 6.07) is 25.0. The molecule has 0 atom stereocenters. The van der Waals surface area contributed by atoms with Crippen LogP contribution >= 0.6 is 0 Å². The molecule has 0 fully saturated rings. The quantitative estimate of drug-likeness (QED) is 0.314. The van der Waals surface area contributed by atoms with Crippen molar-refractivity contribution < 1.29 is 9.22 Å². The normalized spacial score (nSPS) is 10.8. The van der Waals surface area contributed by atoms with Crippen LogP contribution in [-0.4, -0.2) is 26.2 Å². The first-order valence-corrected chi connectivity index (χ1v) is 13.7. The highest BCUT2D eigenvalue weighted by molar-refractivity contribution is 6.74. The summed E-state index contributed by atoms with van der Waals surface area (Å²) in [6.45, 7) is 13.2. The molecule has 0 saturated heterocycles. The highest BCUT2D eigenvalue weighted by Crippen LogP contribution is 2.36. The third-order valence-corrected chi connectivity index (χ3v) is 9.85. The Bertz CT molecular complexity index is 815. The van der Waals surface area contributed by atoms with E-state index in [2.05, 4.69) is 94.3 Å². The van der Waals surface area contributed by atoms with Gasteiger partial charge in [-0.15, -0.1) is 0 Å². The molecule has 0 amide bonds. The number of benzene rings is 2. The fourth-order valence-electron chi connectivity index (χ4n) is 2.33. The van der Waals surface area contributed by atoms with E-state index in [1.807, 2.05) is 24.3 Å². The molecule has 1 aromatic heterocycles. The Morgan fingerprint density at radius 3 is 1.74 bits per heavy atom. The molecule has 166 valence electrons.